The molecule has 17 heavy (non-hydrogen) atoms. The summed E-state index contributed by atoms with van der Waals surface area (Å²) in [5.41, 5.74) is 5.14. The lowest BCUT2D eigenvalue weighted by Crippen LogP contribution is -2.42. The lowest BCUT2D eigenvalue weighted by molar-refractivity contribution is 0.1000. The zero-order valence-electron chi connectivity index (χ0n) is 9.96. The van der Waals surface area contributed by atoms with Gasteiger partial charge < -0.3 is 16.2 Å². The average Bonchev–Trinajstić information content (AvgIpc) is 2.27. The molecule has 0 bridgehead atoms. The van der Waals surface area contributed by atoms with E-state index < -0.39 is 17.3 Å². The van der Waals surface area contributed by atoms with Gasteiger partial charge >= 0.3 is 0 Å². The Morgan fingerprint density at radius 2 is 2.18 bits per heavy atom. The van der Waals surface area contributed by atoms with E-state index in [2.05, 4.69) is 5.32 Å². The van der Waals surface area contributed by atoms with Crippen molar-refractivity contribution in [3.63, 3.8) is 0 Å². The molecule has 0 aliphatic heterocycles. The maximum absolute atomic E-state index is 13.6. The summed E-state index contributed by atoms with van der Waals surface area (Å²) in [5, 5.41) is 12.0. The van der Waals surface area contributed by atoms with Crippen molar-refractivity contribution in [2.75, 3.05) is 6.61 Å². The second-order valence-electron chi connectivity index (χ2n) is 4.57. The molecule has 5 heteroatoms. The van der Waals surface area contributed by atoms with E-state index in [1.165, 1.54) is 12.1 Å². The molecule has 0 heterocycles. The quantitative estimate of drug-likeness (QED) is 0.712. The van der Waals surface area contributed by atoms with Crippen LogP contribution in [0.4, 0.5) is 4.39 Å². The fourth-order valence-corrected chi connectivity index (χ4v) is 1.23. The Balaban J connectivity index is 2.77. The molecular weight excluding hydrogens is 223 g/mol. The summed E-state index contributed by atoms with van der Waals surface area (Å²) in [6, 6.07) is 4.11. The minimum Gasteiger partial charge on any atom is -0.394 e. The lowest BCUT2D eigenvalue weighted by Gasteiger charge is -2.23. The predicted molar refractivity (Wildman–Crippen MR) is 62.9 cm³/mol. The van der Waals surface area contributed by atoms with Crippen LogP contribution in [0.5, 0.6) is 0 Å². The molecule has 1 aromatic rings. The summed E-state index contributed by atoms with van der Waals surface area (Å²) >= 11 is 0. The minimum absolute atomic E-state index is 0.0476. The maximum Gasteiger partial charge on any atom is 0.248 e. The Kier molecular flexibility index (Phi) is 4.20. The molecule has 4 N–H and O–H groups in total. The molecule has 0 atom stereocenters. The molecule has 0 fully saturated rings. The van der Waals surface area contributed by atoms with Crippen molar-refractivity contribution >= 4 is 5.91 Å². The van der Waals surface area contributed by atoms with Crippen molar-refractivity contribution in [1.29, 1.82) is 0 Å². The van der Waals surface area contributed by atoms with Crippen molar-refractivity contribution in [2.24, 2.45) is 5.73 Å². The number of carbonyl (C=O) groups is 1. The number of nitrogens with one attached hydrogen (secondary N) is 1. The van der Waals surface area contributed by atoms with Crippen LogP contribution in [-0.2, 0) is 6.54 Å². The van der Waals surface area contributed by atoms with Gasteiger partial charge in [0.2, 0.25) is 5.91 Å². The number of nitrogens with two attached hydrogens (primary N) is 1. The van der Waals surface area contributed by atoms with Crippen molar-refractivity contribution < 1.29 is 14.3 Å². The van der Waals surface area contributed by atoms with E-state index in [1.54, 1.807) is 0 Å². The Bertz CT molecular complexity index is 419. The normalized spacial score (nSPS) is 11.5. The number of hydrogen-bond acceptors (Lipinski definition) is 3. The van der Waals surface area contributed by atoms with Gasteiger partial charge in [0, 0.05) is 23.2 Å². The summed E-state index contributed by atoms with van der Waals surface area (Å²) in [6.45, 7) is 3.85. The molecule has 4 nitrogen and oxygen atoms in total. The Morgan fingerprint density at radius 3 is 2.65 bits per heavy atom. The van der Waals surface area contributed by atoms with Crippen LogP contribution in [0.3, 0.4) is 0 Å². The van der Waals surface area contributed by atoms with Crippen LogP contribution in [0, 0.1) is 5.82 Å². The van der Waals surface area contributed by atoms with E-state index in [0.717, 1.165) is 6.07 Å². The third-order valence-electron chi connectivity index (χ3n) is 2.49. The summed E-state index contributed by atoms with van der Waals surface area (Å²) < 4.78 is 13.6. The van der Waals surface area contributed by atoms with Crippen LogP contribution in [0.25, 0.3) is 0 Å². The van der Waals surface area contributed by atoms with Crippen LogP contribution in [-0.4, -0.2) is 23.2 Å². The standard InChI is InChI=1S/C12H17FN2O2/c1-12(2,7-16)15-6-9-4-3-8(11(14)17)5-10(9)13/h3-5,15-16H,6-7H2,1-2H3,(H2,14,17). The number of hydrogen-bond donors (Lipinski definition) is 3. The average molecular weight is 240 g/mol. The van der Waals surface area contributed by atoms with E-state index in [-0.39, 0.29) is 18.7 Å². The highest BCUT2D eigenvalue weighted by Gasteiger charge is 2.16. The highest BCUT2D eigenvalue weighted by Crippen LogP contribution is 2.11. The monoisotopic (exact) mass is 240 g/mol. The molecule has 1 aromatic carbocycles. The fourth-order valence-electron chi connectivity index (χ4n) is 1.23. The molecule has 0 aliphatic carbocycles. The first-order valence-electron chi connectivity index (χ1n) is 5.30. The summed E-state index contributed by atoms with van der Waals surface area (Å²) in [5.74, 6) is -1.14. The first kappa shape index (κ1) is 13.6. The van der Waals surface area contributed by atoms with Gasteiger partial charge in [-0.05, 0) is 26.0 Å². The number of amides is 1. The smallest absolute Gasteiger partial charge is 0.248 e. The predicted octanol–water partition coefficient (Wildman–Crippen LogP) is 0.785. The zero-order chi connectivity index (χ0) is 13.1. The Morgan fingerprint density at radius 1 is 1.53 bits per heavy atom. The summed E-state index contributed by atoms with van der Waals surface area (Å²) in [4.78, 5) is 10.8. The van der Waals surface area contributed by atoms with Gasteiger partial charge in [0.05, 0.1) is 6.61 Å². The van der Waals surface area contributed by atoms with Crippen LogP contribution in [0.2, 0.25) is 0 Å². The molecular formula is C12H17FN2O2. The maximum atomic E-state index is 13.6. The Labute approximate surface area is 99.6 Å². The second-order valence-corrected chi connectivity index (χ2v) is 4.57. The zero-order valence-corrected chi connectivity index (χ0v) is 9.96. The fraction of sp³-hybridized carbons (Fsp3) is 0.417. The summed E-state index contributed by atoms with van der Waals surface area (Å²) in [6.07, 6.45) is 0. The molecule has 0 saturated heterocycles. The number of halogens is 1. The molecule has 0 saturated carbocycles. The van der Waals surface area contributed by atoms with E-state index in [0.29, 0.717) is 5.56 Å². The number of aliphatic hydroxyl groups is 1. The number of carbonyl (C=O) groups excluding carboxylic acids is 1. The van der Waals surface area contributed by atoms with Gasteiger partial charge in [-0.3, -0.25) is 4.79 Å². The van der Waals surface area contributed by atoms with Crippen molar-refractivity contribution in [2.45, 2.75) is 25.9 Å². The minimum atomic E-state index is -0.654. The number of rotatable bonds is 5. The Hall–Kier alpha value is -1.46. The first-order valence-corrected chi connectivity index (χ1v) is 5.30. The second kappa shape index (κ2) is 5.25. The molecule has 94 valence electrons. The molecule has 1 rings (SSSR count). The van der Waals surface area contributed by atoms with E-state index in [9.17, 15) is 9.18 Å². The van der Waals surface area contributed by atoms with Gasteiger partial charge in [-0.2, -0.15) is 0 Å². The van der Waals surface area contributed by atoms with E-state index in [1.807, 2.05) is 13.8 Å². The van der Waals surface area contributed by atoms with Gasteiger partial charge in [0.25, 0.3) is 0 Å². The highest BCUT2D eigenvalue weighted by atomic mass is 19.1. The third-order valence-corrected chi connectivity index (χ3v) is 2.49. The SMILES string of the molecule is CC(C)(CO)NCc1ccc(C(N)=O)cc1F. The largest absolute Gasteiger partial charge is 0.394 e. The van der Waals surface area contributed by atoms with Crippen molar-refractivity contribution in [3.8, 4) is 0 Å². The summed E-state index contributed by atoms with van der Waals surface area (Å²) in [7, 11) is 0. The van der Waals surface area contributed by atoms with Crippen molar-refractivity contribution in [3.05, 3.63) is 35.1 Å². The van der Waals surface area contributed by atoms with Crippen LogP contribution >= 0.6 is 0 Å². The van der Waals surface area contributed by atoms with Crippen LogP contribution in [0.15, 0.2) is 18.2 Å². The van der Waals surface area contributed by atoms with Gasteiger partial charge in [0.15, 0.2) is 0 Å². The van der Waals surface area contributed by atoms with Crippen LogP contribution < -0.4 is 11.1 Å². The molecule has 0 aliphatic rings. The number of benzene rings is 1. The molecule has 0 unspecified atom stereocenters. The molecule has 0 aromatic heterocycles. The molecule has 0 radical (unpaired) electrons. The topological polar surface area (TPSA) is 75.3 Å². The molecule has 1 amide bonds. The van der Waals surface area contributed by atoms with Gasteiger partial charge in [-0.1, -0.05) is 6.07 Å². The lowest BCUT2D eigenvalue weighted by atomic mass is 10.1. The third kappa shape index (κ3) is 3.80. The van der Waals surface area contributed by atoms with E-state index >= 15 is 0 Å². The van der Waals surface area contributed by atoms with Crippen molar-refractivity contribution in [1.82, 2.24) is 5.32 Å². The molecule has 0 spiro atoms. The highest BCUT2D eigenvalue weighted by molar-refractivity contribution is 5.92. The van der Waals surface area contributed by atoms with Crippen LogP contribution in [0.1, 0.15) is 29.8 Å². The number of aliphatic hydroxyl groups excluding tert-OH is 1. The van der Waals surface area contributed by atoms with E-state index in [4.69, 9.17) is 10.8 Å². The van der Waals surface area contributed by atoms with Gasteiger partial charge in [-0.25, -0.2) is 4.39 Å². The van der Waals surface area contributed by atoms with Gasteiger partial charge in [-0.15, -0.1) is 0 Å². The number of primary amides is 1. The first-order chi connectivity index (χ1) is 7.85. The van der Waals surface area contributed by atoms with Gasteiger partial charge in [0.1, 0.15) is 5.82 Å².